The summed E-state index contributed by atoms with van der Waals surface area (Å²) < 4.78 is 0. The van der Waals surface area contributed by atoms with Crippen LogP contribution in [0.4, 0.5) is 0 Å². The van der Waals surface area contributed by atoms with Gasteiger partial charge in [-0.05, 0) is 12.1 Å². The Hall–Kier alpha value is -1.34. The van der Waals surface area contributed by atoms with Gasteiger partial charge in [0, 0.05) is 8.80 Å². The minimum absolute atomic E-state index is 0.705. The molecule has 0 bridgehead atoms. The van der Waals surface area contributed by atoms with Gasteiger partial charge in [-0.15, -0.1) is 0 Å². The van der Waals surface area contributed by atoms with E-state index in [4.69, 9.17) is 0 Å². The fourth-order valence-corrected chi connectivity index (χ4v) is 6.08. The van der Waals surface area contributed by atoms with Gasteiger partial charge in [-0.3, -0.25) is 0 Å². The van der Waals surface area contributed by atoms with E-state index >= 15 is 0 Å². The van der Waals surface area contributed by atoms with Gasteiger partial charge in [-0.2, -0.15) is 0 Å². The predicted molar refractivity (Wildman–Crippen MR) is 87.2 cm³/mol. The summed E-state index contributed by atoms with van der Waals surface area (Å²) in [5.41, 5.74) is 3.07. The predicted octanol–water partition coefficient (Wildman–Crippen LogP) is 4.58. The lowest BCUT2D eigenvalue weighted by molar-refractivity contribution is 0.866. The van der Waals surface area contributed by atoms with E-state index in [2.05, 4.69) is 67.6 Å². The van der Waals surface area contributed by atoms with Gasteiger partial charge in [0.1, 0.15) is 0 Å². The summed E-state index contributed by atoms with van der Waals surface area (Å²) in [4.78, 5) is 0. The number of benzene rings is 2. The average molecular weight is 268 g/mol. The Balaban J connectivity index is 1.99. The van der Waals surface area contributed by atoms with Crippen LogP contribution < -0.4 is 0 Å². The average Bonchev–Trinajstić information content (AvgIpc) is 2.47. The van der Waals surface area contributed by atoms with Crippen molar-refractivity contribution >= 4 is 8.80 Å². The van der Waals surface area contributed by atoms with Gasteiger partial charge >= 0.3 is 0 Å². The van der Waals surface area contributed by atoms with Crippen LogP contribution in [0.3, 0.4) is 0 Å². The van der Waals surface area contributed by atoms with E-state index in [9.17, 15) is 0 Å². The van der Waals surface area contributed by atoms with E-state index in [-0.39, 0.29) is 0 Å². The molecule has 0 amide bonds. The summed E-state index contributed by atoms with van der Waals surface area (Å²) in [6.45, 7) is 2.30. The molecule has 2 rings (SSSR count). The number of unbranched alkanes of at least 4 members (excludes halogenated alkanes) is 1. The molecule has 0 nitrogen and oxygen atoms in total. The molecule has 100 valence electrons. The monoisotopic (exact) mass is 268 g/mol. The first kappa shape index (κ1) is 14.1. The van der Waals surface area contributed by atoms with Crippen LogP contribution in [0.5, 0.6) is 0 Å². The molecule has 0 atom stereocenters. The zero-order valence-corrected chi connectivity index (χ0v) is 13.0. The second-order valence-electron chi connectivity index (χ2n) is 5.39. The minimum Gasteiger partial charge on any atom is -0.0654 e. The van der Waals surface area contributed by atoms with Gasteiger partial charge < -0.3 is 0 Å². The summed E-state index contributed by atoms with van der Waals surface area (Å²) in [5.74, 6) is 0. The normalized spacial score (nSPS) is 10.8. The van der Waals surface area contributed by atoms with Crippen LogP contribution in [0.2, 0.25) is 6.04 Å². The van der Waals surface area contributed by atoms with Gasteiger partial charge in [0.25, 0.3) is 0 Å². The highest BCUT2D eigenvalue weighted by Gasteiger charge is 2.12. The van der Waals surface area contributed by atoms with Gasteiger partial charge in [0.15, 0.2) is 0 Å². The topological polar surface area (TPSA) is 0 Å². The molecular formula is C18H24Si. The molecule has 0 saturated carbocycles. The highest BCUT2D eigenvalue weighted by molar-refractivity contribution is 6.57. The van der Waals surface area contributed by atoms with E-state index in [0.717, 1.165) is 0 Å². The Morgan fingerprint density at radius 2 is 1.21 bits per heavy atom. The molecule has 2 aromatic rings. The maximum absolute atomic E-state index is 2.30. The van der Waals surface area contributed by atoms with Crippen LogP contribution in [-0.4, -0.2) is 8.80 Å². The lowest BCUT2D eigenvalue weighted by Gasteiger charge is -2.15. The first-order valence-corrected chi connectivity index (χ1v) is 9.91. The standard InChI is InChI=1S/C18H24Si/c1-2-3-14-19(15-17-10-6-4-7-11-17)16-18-12-8-5-9-13-18/h4-13,19H,2-3,14-16H2,1H3. The molecule has 1 heteroatoms. The zero-order chi connectivity index (χ0) is 13.3. The largest absolute Gasteiger partial charge is 0.0654 e. The second-order valence-corrected chi connectivity index (χ2v) is 8.51. The van der Waals surface area contributed by atoms with Crippen LogP contribution in [0.15, 0.2) is 60.7 Å². The van der Waals surface area contributed by atoms with Crippen molar-refractivity contribution in [1.29, 1.82) is 0 Å². The first-order valence-electron chi connectivity index (χ1n) is 7.46. The van der Waals surface area contributed by atoms with Gasteiger partial charge in [0.2, 0.25) is 0 Å². The Labute approximate surface area is 119 Å². The first-order chi connectivity index (χ1) is 9.38. The molecule has 0 N–H and O–H groups in total. The molecule has 0 fully saturated rings. The number of rotatable bonds is 7. The molecule has 0 aliphatic heterocycles. The van der Waals surface area contributed by atoms with Gasteiger partial charge in [-0.25, -0.2) is 0 Å². The van der Waals surface area contributed by atoms with Gasteiger partial charge in [-0.1, -0.05) is 97.6 Å². The third-order valence-corrected chi connectivity index (χ3v) is 7.02. The van der Waals surface area contributed by atoms with E-state index in [1.807, 2.05) is 0 Å². The van der Waals surface area contributed by atoms with Crippen LogP contribution in [0, 0.1) is 0 Å². The lowest BCUT2D eigenvalue weighted by atomic mass is 10.2. The summed E-state index contributed by atoms with van der Waals surface area (Å²) in [6.07, 6.45) is 2.73. The third-order valence-electron chi connectivity index (χ3n) is 3.70. The van der Waals surface area contributed by atoms with Gasteiger partial charge in [0.05, 0.1) is 0 Å². The van der Waals surface area contributed by atoms with Crippen LogP contribution in [0.25, 0.3) is 0 Å². The van der Waals surface area contributed by atoms with Crippen LogP contribution in [0.1, 0.15) is 30.9 Å². The number of hydrogen-bond acceptors (Lipinski definition) is 0. The van der Waals surface area contributed by atoms with Crippen molar-refractivity contribution in [3.8, 4) is 0 Å². The van der Waals surface area contributed by atoms with Crippen molar-refractivity contribution in [2.45, 2.75) is 37.9 Å². The molecule has 2 aromatic carbocycles. The van der Waals surface area contributed by atoms with Crippen molar-refractivity contribution in [2.24, 2.45) is 0 Å². The Morgan fingerprint density at radius 1 is 0.737 bits per heavy atom. The molecule has 0 aromatic heterocycles. The van der Waals surface area contributed by atoms with Crippen molar-refractivity contribution in [2.75, 3.05) is 0 Å². The highest BCUT2D eigenvalue weighted by Crippen LogP contribution is 2.13. The van der Waals surface area contributed by atoms with Crippen molar-refractivity contribution in [1.82, 2.24) is 0 Å². The zero-order valence-electron chi connectivity index (χ0n) is 11.9. The molecule has 0 aliphatic rings. The Kier molecular flexibility index (Phi) is 5.89. The molecular weight excluding hydrogens is 244 g/mol. The fourth-order valence-electron chi connectivity index (χ4n) is 2.66. The summed E-state index contributed by atoms with van der Waals surface area (Å²) in [7, 11) is -0.705. The van der Waals surface area contributed by atoms with E-state index in [0.29, 0.717) is 0 Å². The molecule has 0 aliphatic carbocycles. The highest BCUT2D eigenvalue weighted by atomic mass is 28.3. The lowest BCUT2D eigenvalue weighted by Crippen LogP contribution is -2.20. The molecule has 0 saturated heterocycles. The number of hydrogen-bond donors (Lipinski definition) is 0. The SMILES string of the molecule is CCCC[SiH](Cc1ccccc1)Cc1ccccc1. The molecule has 0 spiro atoms. The maximum Gasteiger partial charge on any atom is 0.0458 e. The van der Waals surface area contributed by atoms with E-state index < -0.39 is 8.80 Å². The van der Waals surface area contributed by atoms with Crippen LogP contribution >= 0.6 is 0 Å². The smallest absolute Gasteiger partial charge is 0.0458 e. The van der Waals surface area contributed by atoms with E-state index in [1.54, 1.807) is 0 Å². The summed E-state index contributed by atoms with van der Waals surface area (Å²) in [6, 6.07) is 26.2. The summed E-state index contributed by atoms with van der Waals surface area (Å²) in [5, 5.41) is 0. The van der Waals surface area contributed by atoms with E-state index in [1.165, 1.54) is 42.1 Å². The Morgan fingerprint density at radius 3 is 1.63 bits per heavy atom. The second kappa shape index (κ2) is 7.95. The molecule has 19 heavy (non-hydrogen) atoms. The van der Waals surface area contributed by atoms with Crippen molar-refractivity contribution < 1.29 is 0 Å². The third kappa shape index (κ3) is 5.04. The summed E-state index contributed by atoms with van der Waals surface area (Å²) >= 11 is 0. The Bertz CT molecular complexity index is 408. The van der Waals surface area contributed by atoms with Crippen LogP contribution in [-0.2, 0) is 12.1 Å². The minimum atomic E-state index is -0.705. The maximum atomic E-state index is 2.30. The molecule has 0 radical (unpaired) electrons. The van der Waals surface area contributed by atoms with Crippen molar-refractivity contribution in [3.63, 3.8) is 0 Å². The molecule has 0 unspecified atom stereocenters. The fraction of sp³-hybridized carbons (Fsp3) is 0.333. The quantitative estimate of drug-likeness (QED) is 0.645. The molecule has 0 heterocycles. The van der Waals surface area contributed by atoms with Crippen molar-refractivity contribution in [3.05, 3.63) is 71.8 Å².